The van der Waals surface area contributed by atoms with Gasteiger partial charge in [0.25, 0.3) is 5.91 Å². The second-order valence-electron chi connectivity index (χ2n) is 6.83. The Morgan fingerprint density at radius 1 is 0.933 bits per heavy atom. The molecule has 1 aliphatic heterocycles. The van der Waals surface area contributed by atoms with Gasteiger partial charge in [0.05, 0.1) is 30.2 Å². The predicted molar refractivity (Wildman–Crippen MR) is 114 cm³/mol. The van der Waals surface area contributed by atoms with Crippen LogP contribution in [0.3, 0.4) is 0 Å². The van der Waals surface area contributed by atoms with Crippen molar-refractivity contribution in [1.82, 2.24) is 15.0 Å². The third kappa shape index (κ3) is 2.97. The number of anilines is 2. The number of fused-ring (bicyclic) bond motifs is 1. The molecule has 30 heavy (non-hydrogen) atoms. The lowest BCUT2D eigenvalue weighted by Crippen LogP contribution is -2.43. The molecule has 5 rings (SSSR count). The smallest absolute Gasteiger partial charge is 0.262 e. The molecule has 7 nitrogen and oxygen atoms in total. The van der Waals surface area contributed by atoms with Gasteiger partial charge in [-0.15, -0.1) is 5.10 Å². The van der Waals surface area contributed by atoms with E-state index in [2.05, 4.69) is 15.5 Å². The Balaban J connectivity index is 1.63. The molecule has 0 aliphatic carbocycles. The number of amides is 1. The molecule has 0 fully saturated rings. The third-order valence-corrected chi connectivity index (χ3v) is 5.05. The van der Waals surface area contributed by atoms with E-state index in [0.29, 0.717) is 22.7 Å². The first-order valence-electron chi connectivity index (χ1n) is 9.56. The number of methoxy groups -OCH3 is 1. The summed E-state index contributed by atoms with van der Waals surface area (Å²) in [6, 6.07) is 24.6. The van der Waals surface area contributed by atoms with Crippen LogP contribution < -0.4 is 15.0 Å². The number of hydrogen-bond acceptors (Lipinski definition) is 5. The van der Waals surface area contributed by atoms with E-state index in [0.717, 1.165) is 11.4 Å². The summed E-state index contributed by atoms with van der Waals surface area (Å²) < 4.78 is 5.53. The summed E-state index contributed by atoms with van der Waals surface area (Å²) in [6.45, 7) is 0. The molecule has 1 N–H and O–H groups in total. The number of nitrogens with one attached hydrogen (secondary N) is 1. The van der Waals surface area contributed by atoms with Crippen LogP contribution in [0.15, 0.2) is 85.1 Å². The average molecular weight is 397 g/mol. The SMILES string of the molecule is COc1ccccc1N1C(=O)c2ccccc2NC1c1cnn(-c2ccccc2)n1. The molecular formula is C23H19N5O2. The fourth-order valence-electron chi connectivity index (χ4n) is 3.62. The maximum absolute atomic E-state index is 13.5. The van der Waals surface area contributed by atoms with Gasteiger partial charge in [0, 0.05) is 5.69 Å². The van der Waals surface area contributed by atoms with Crippen LogP contribution in [0.1, 0.15) is 22.2 Å². The number of carbonyl (C=O) groups is 1. The van der Waals surface area contributed by atoms with Crippen molar-refractivity contribution in [3.63, 3.8) is 0 Å². The van der Waals surface area contributed by atoms with Crippen molar-refractivity contribution < 1.29 is 9.53 Å². The van der Waals surface area contributed by atoms with E-state index in [1.807, 2.05) is 78.9 Å². The van der Waals surface area contributed by atoms with Crippen LogP contribution in [0.25, 0.3) is 5.69 Å². The second-order valence-corrected chi connectivity index (χ2v) is 6.83. The van der Waals surface area contributed by atoms with E-state index in [9.17, 15) is 4.79 Å². The number of hydrogen-bond donors (Lipinski definition) is 1. The summed E-state index contributed by atoms with van der Waals surface area (Å²) >= 11 is 0. The van der Waals surface area contributed by atoms with Crippen molar-refractivity contribution >= 4 is 17.3 Å². The molecule has 1 aliphatic rings. The lowest BCUT2D eigenvalue weighted by molar-refractivity contribution is 0.0973. The van der Waals surface area contributed by atoms with Gasteiger partial charge in [0.15, 0.2) is 6.17 Å². The van der Waals surface area contributed by atoms with Crippen molar-refractivity contribution in [1.29, 1.82) is 0 Å². The van der Waals surface area contributed by atoms with E-state index in [4.69, 9.17) is 4.74 Å². The number of carbonyl (C=O) groups excluding carboxylic acids is 1. The van der Waals surface area contributed by atoms with E-state index in [1.165, 1.54) is 0 Å². The molecule has 0 bridgehead atoms. The summed E-state index contributed by atoms with van der Waals surface area (Å²) in [6.07, 6.45) is 1.13. The number of aromatic nitrogens is 3. The zero-order valence-electron chi connectivity index (χ0n) is 16.3. The van der Waals surface area contributed by atoms with Gasteiger partial charge in [-0.1, -0.05) is 42.5 Å². The van der Waals surface area contributed by atoms with Crippen molar-refractivity contribution in [2.75, 3.05) is 17.3 Å². The molecular weight excluding hydrogens is 378 g/mol. The van der Waals surface area contributed by atoms with E-state index in [1.54, 1.807) is 23.0 Å². The Morgan fingerprint density at radius 2 is 1.67 bits per heavy atom. The predicted octanol–water partition coefficient (Wildman–Crippen LogP) is 4.05. The molecule has 0 spiro atoms. The highest BCUT2D eigenvalue weighted by Crippen LogP contribution is 2.39. The largest absolute Gasteiger partial charge is 0.495 e. The molecule has 0 saturated heterocycles. The topological polar surface area (TPSA) is 72.3 Å². The standard InChI is InChI=1S/C23H19N5O2/c1-30-21-14-8-7-13-20(21)27-22(25-18-12-6-5-11-17(18)23(27)29)19-15-24-28(26-19)16-9-3-2-4-10-16/h2-15,22,25H,1H3. The highest BCUT2D eigenvalue weighted by Gasteiger charge is 2.37. The molecule has 148 valence electrons. The Hall–Kier alpha value is -4.13. The number of nitrogens with zero attached hydrogens (tertiary/aromatic N) is 4. The number of para-hydroxylation sites is 4. The number of rotatable bonds is 4. The Morgan fingerprint density at radius 3 is 2.50 bits per heavy atom. The monoisotopic (exact) mass is 397 g/mol. The van der Waals surface area contributed by atoms with Gasteiger partial charge in [-0.25, -0.2) is 0 Å². The molecule has 1 unspecified atom stereocenters. The molecule has 4 aromatic rings. The molecule has 0 saturated carbocycles. The first kappa shape index (κ1) is 17.9. The normalized spacial score (nSPS) is 15.4. The Bertz CT molecular complexity index is 1200. The summed E-state index contributed by atoms with van der Waals surface area (Å²) in [5, 5.41) is 12.5. The zero-order chi connectivity index (χ0) is 20.5. The van der Waals surface area contributed by atoms with E-state index in [-0.39, 0.29) is 5.91 Å². The van der Waals surface area contributed by atoms with Gasteiger partial charge in [0.1, 0.15) is 11.4 Å². The molecule has 1 aromatic heterocycles. The third-order valence-electron chi connectivity index (χ3n) is 5.05. The van der Waals surface area contributed by atoms with Crippen molar-refractivity contribution in [2.24, 2.45) is 0 Å². The van der Waals surface area contributed by atoms with Gasteiger partial charge in [-0.2, -0.15) is 9.90 Å². The first-order chi connectivity index (χ1) is 14.8. The maximum atomic E-state index is 13.5. The van der Waals surface area contributed by atoms with Gasteiger partial charge >= 0.3 is 0 Å². The minimum absolute atomic E-state index is 0.131. The van der Waals surface area contributed by atoms with E-state index < -0.39 is 6.17 Å². The van der Waals surface area contributed by atoms with Crippen LogP contribution in [-0.4, -0.2) is 28.0 Å². The van der Waals surface area contributed by atoms with Crippen molar-refractivity contribution in [2.45, 2.75) is 6.17 Å². The summed E-state index contributed by atoms with van der Waals surface area (Å²) in [7, 11) is 1.59. The lowest BCUT2D eigenvalue weighted by atomic mass is 10.1. The lowest BCUT2D eigenvalue weighted by Gasteiger charge is -2.37. The molecule has 2 heterocycles. The Kier molecular flexibility index (Phi) is 4.40. The minimum Gasteiger partial charge on any atom is -0.495 e. The molecule has 1 amide bonds. The summed E-state index contributed by atoms with van der Waals surface area (Å²) in [5.41, 5.74) is 3.47. The van der Waals surface area contributed by atoms with Crippen molar-refractivity contribution in [3.8, 4) is 11.4 Å². The van der Waals surface area contributed by atoms with Crippen LogP contribution in [-0.2, 0) is 0 Å². The summed E-state index contributed by atoms with van der Waals surface area (Å²) in [5.74, 6) is 0.473. The van der Waals surface area contributed by atoms with Crippen LogP contribution in [0.2, 0.25) is 0 Å². The average Bonchev–Trinajstić information content (AvgIpc) is 3.30. The number of benzene rings is 3. The minimum atomic E-state index is -0.541. The van der Waals surface area contributed by atoms with Crippen molar-refractivity contribution in [3.05, 3.63) is 96.3 Å². The van der Waals surface area contributed by atoms with Gasteiger partial charge < -0.3 is 10.1 Å². The molecule has 0 radical (unpaired) electrons. The van der Waals surface area contributed by atoms with Gasteiger partial charge in [-0.3, -0.25) is 9.69 Å². The fourth-order valence-corrected chi connectivity index (χ4v) is 3.62. The first-order valence-corrected chi connectivity index (χ1v) is 9.56. The van der Waals surface area contributed by atoms with Crippen LogP contribution in [0.4, 0.5) is 11.4 Å². The number of ether oxygens (including phenoxy) is 1. The molecule has 3 aromatic carbocycles. The van der Waals surface area contributed by atoms with Crippen LogP contribution in [0.5, 0.6) is 5.75 Å². The highest BCUT2D eigenvalue weighted by atomic mass is 16.5. The van der Waals surface area contributed by atoms with Crippen LogP contribution in [0, 0.1) is 0 Å². The summed E-state index contributed by atoms with van der Waals surface area (Å²) in [4.78, 5) is 16.7. The van der Waals surface area contributed by atoms with Gasteiger partial charge in [0.2, 0.25) is 0 Å². The Labute approximate surface area is 173 Å². The fraction of sp³-hybridized carbons (Fsp3) is 0.0870. The van der Waals surface area contributed by atoms with Crippen LogP contribution >= 0.6 is 0 Å². The maximum Gasteiger partial charge on any atom is 0.262 e. The van der Waals surface area contributed by atoms with Gasteiger partial charge in [-0.05, 0) is 36.4 Å². The highest BCUT2D eigenvalue weighted by molar-refractivity contribution is 6.12. The molecule has 7 heteroatoms. The molecule has 1 atom stereocenters. The quantitative estimate of drug-likeness (QED) is 0.563. The van der Waals surface area contributed by atoms with E-state index >= 15 is 0 Å². The zero-order valence-corrected chi connectivity index (χ0v) is 16.3. The second kappa shape index (κ2) is 7.36.